The van der Waals surface area contributed by atoms with Gasteiger partial charge in [0, 0.05) is 11.9 Å². The van der Waals surface area contributed by atoms with Crippen molar-refractivity contribution < 1.29 is 4.79 Å². The molecule has 0 aliphatic rings. The Kier molecular flexibility index (Phi) is 3.60. The highest BCUT2D eigenvalue weighted by atomic mass is 32.1. The van der Waals surface area contributed by atoms with Gasteiger partial charge < -0.3 is 4.90 Å². The molecule has 1 aromatic heterocycles. The first-order chi connectivity index (χ1) is 6.65. The maximum absolute atomic E-state index is 11.3. The fraction of sp³-hybridized carbons (Fsp3) is 0.444. The quantitative estimate of drug-likeness (QED) is 0.754. The summed E-state index contributed by atoms with van der Waals surface area (Å²) in [7, 11) is 1.69. The summed E-state index contributed by atoms with van der Waals surface area (Å²) >= 11 is 1.53. The Morgan fingerprint density at radius 2 is 2.50 bits per heavy atom. The number of nitriles is 1. The molecule has 0 fully saturated rings. The zero-order valence-corrected chi connectivity index (χ0v) is 8.97. The van der Waals surface area contributed by atoms with Crippen molar-refractivity contribution in [3.63, 3.8) is 0 Å². The first kappa shape index (κ1) is 10.7. The van der Waals surface area contributed by atoms with Crippen molar-refractivity contribution in [2.75, 3.05) is 7.05 Å². The van der Waals surface area contributed by atoms with Crippen LogP contribution in [0, 0.1) is 18.3 Å². The van der Waals surface area contributed by atoms with Crippen LogP contribution in [0.25, 0.3) is 0 Å². The number of amides is 1. The minimum absolute atomic E-state index is 0.0612. The van der Waals surface area contributed by atoms with Crippen LogP contribution >= 0.6 is 11.3 Å². The fourth-order valence-corrected chi connectivity index (χ4v) is 1.81. The summed E-state index contributed by atoms with van der Waals surface area (Å²) in [5.74, 6) is -0.152. The van der Waals surface area contributed by atoms with E-state index in [2.05, 4.69) is 4.98 Å². The standard InChI is InChI=1S/C9H11N3OS/c1-7-8(14-6-11-7)5-12(2)9(13)3-4-10/h6H,3,5H2,1-2H3. The number of nitrogens with zero attached hydrogens (tertiary/aromatic N) is 3. The lowest BCUT2D eigenvalue weighted by molar-refractivity contribution is -0.129. The minimum Gasteiger partial charge on any atom is -0.340 e. The first-order valence-corrected chi connectivity index (χ1v) is 5.03. The molecule has 14 heavy (non-hydrogen) atoms. The molecule has 0 saturated heterocycles. The molecule has 0 bridgehead atoms. The van der Waals surface area contributed by atoms with Gasteiger partial charge in [0.25, 0.3) is 0 Å². The number of aryl methyl sites for hydroxylation is 1. The van der Waals surface area contributed by atoms with Gasteiger partial charge in [0.05, 0.1) is 23.8 Å². The van der Waals surface area contributed by atoms with Gasteiger partial charge in [0.15, 0.2) is 0 Å². The molecular formula is C9H11N3OS. The number of hydrogen-bond acceptors (Lipinski definition) is 4. The lowest BCUT2D eigenvalue weighted by atomic mass is 10.3. The number of rotatable bonds is 3. The number of thiazole rings is 1. The van der Waals surface area contributed by atoms with Crippen molar-refractivity contribution in [1.29, 1.82) is 5.26 Å². The fourth-order valence-electron chi connectivity index (χ4n) is 0.984. The Balaban J connectivity index is 2.58. The highest BCUT2D eigenvalue weighted by molar-refractivity contribution is 7.09. The van der Waals surface area contributed by atoms with Gasteiger partial charge >= 0.3 is 0 Å². The lowest BCUT2D eigenvalue weighted by Gasteiger charge is -2.14. The Morgan fingerprint density at radius 3 is 3.00 bits per heavy atom. The summed E-state index contributed by atoms with van der Waals surface area (Å²) in [5, 5.41) is 8.36. The molecule has 0 saturated carbocycles. The molecule has 1 rings (SSSR count). The van der Waals surface area contributed by atoms with Gasteiger partial charge in [-0.15, -0.1) is 11.3 Å². The molecule has 0 N–H and O–H groups in total. The van der Waals surface area contributed by atoms with Crippen LogP contribution in [0.1, 0.15) is 17.0 Å². The third kappa shape index (κ3) is 2.54. The van der Waals surface area contributed by atoms with Gasteiger partial charge in [-0.05, 0) is 6.92 Å². The van der Waals surface area contributed by atoms with E-state index < -0.39 is 0 Å². The molecule has 1 aromatic rings. The Bertz CT molecular complexity index is 366. The van der Waals surface area contributed by atoms with Crippen LogP contribution in [0.2, 0.25) is 0 Å². The SMILES string of the molecule is Cc1ncsc1CN(C)C(=O)CC#N. The third-order valence-electron chi connectivity index (χ3n) is 1.88. The normalized spacial score (nSPS) is 9.50. The molecule has 1 amide bonds. The van der Waals surface area contributed by atoms with E-state index in [-0.39, 0.29) is 12.3 Å². The highest BCUT2D eigenvalue weighted by Crippen LogP contribution is 2.14. The molecular weight excluding hydrogens is 198 g/mol. The predicted octanol–water partition coefficient (Wildman–Crippen LogP) is 1.32. The molecule has 4 nitrogen and oxygen atoms in total. The van der Waals surface area contributed by atoms with E-state index in [0.717, 1.165) is 10.6 Å². The predicted molar refractivity (Wildman–Crippen MR) is 53.6 cm³/mol. The van der Waals surface area contributed by atoms with E-state index in [9.17, 15) is 4.79 Å². The summed E-state index contributed by atoms with van der Waals surface area (Å²) in [5.41, 5.74) is 2.71. The van der Waals surface area contributed by atoms with Gasteiger partial charge in [0.1, 0.15) is 6.42 Å². The molecule has 0 radical (unpaired) electrons. The molecule has 0 aromatic carbocycles. The van der Waals surface area contributed by atoms with Crippen molar-refractivity contribution in [1.82, 2.24) is 9.88 Å². The van der Waals surface area contributed by atoms with Crippen molar-refractivity contribution in [3.05, 3.63) is 16.1 Å². The lowest BCUT2D eigenvalue weighted by Crippen LogP contribution is -2.25. The average Bonchev–Trinajstić information content (AvgIpc) is 2.52. The van der Waals surface area contributed by atoms with Crippen LogP contribution in [-0.2, 0) is 11.3 Å². The zero-order valence-electron chi connectivity index (χ0n) is 8.15. The highest BCUT2D eigenvalue weighted by Gasteiger charge is 2.10. The number of carbonyl (C=O) groups is 1. The molecule has 0 aliphatic carbocycles. The molecule has 0 unspecified atom stereocenters. The van der Waals surface area contributed by atoms with E-state index in [1.54, 1.807) is 17.5 Å². The summed E-state index contributed by atoms with van der Waals surface area (Å²) in [6.07, 6.45) is -0.0612. The minimum atomic E-state index is -0.152. The van der Waals surface area contributed by atoms with E-state index in [0.29, 0.717) is 6.54 Å². The van der Waals surface area contributed by atoms with Crippen LogP contribution < -0.4 is 0 Å². The molecule has 5 heteroatoms. The van der Waals surface area contributed by atoms with Gasteiger partial charge in [-0.1, -0.05) is 0 Å². The van der Waals surface area contributed by atoms with Crippen LogP contribution in [-0.4, -0.2) is 22.8 Å². The Morgan fingerprint density at radius 1 is 1.79 bits per heavy atom. The summed E-state index contributed by atoms with van der Waals surface area (Å²) in [6, 6.07) is 1.84. The van der Waals surface area contributed by atoms with Crippen molar-refractivity contribution >= 4 is 17.2 Å². The number of carbonyl (C=O) groups excluding carboxylic acids is 1. The van der Waals surface area contributed by atoms with Crippen molar-refractivity contribution in [2.24, 2.45) is 0 Å². The summed E-state index contributed by atoms with van der Waals surface area (Å²) < 4.78 is 0. The van der Waals surface area contributed by atoms with Crippen molar-refractivity contribution in [2.45, 2.75) is 19.9 Å². The van der Waals surface area contributed by atoms with Gasteiger partial charge in [0.2, 0.25) is 5.91 Å². The van der Waals surface area contributed by atoms with E-state index >= 15 is 0 Å². The summed E-state index contributed by atoms with van der Waals surface area (Å²) in [4.78, 5) is 18.0. The van der Waals surface area contributed by atoms with Crippen LogP contribution in [0.5, 0.6) is 0 Å². The summed E-state index contributed by atoms with van der Waals surface area (Å²) in [6.45, 7) is 2.45. The van der Waals surface area contributed by atoms with E-state index in [4.69, 9.17) is 5.26 Å². The molecule has 0 atom stereocenters. The van der Waals surface area contributed by atoms with Crippen LogP contribution in [0.4, 0.5) is 0 Å². The zero-order chi connectivity index (χ0) is 10.6. The average molecular weight is 209 g/mol. The second kappa shape index (κ2) is 4.72. The second-order valence-corrected chi connectivity index (χ2v) is 3.88. The molecule has 0 spiro atoms. The molecule has 74 valence electrons. The number of aromatic nitrogens is 1. The van der Waals surface area contributed by atoms with Crippen molar-refractivity contribution in [3.8, 4) is 6.07 Å². The molecule has 0 aliphatic heterocycles. The van der Waals surface area contributed by atoms with Gasteiger partial charge in [-0.2, -0.15) is 5.26 Å². The second-order valence-electron chi connectivity index (χ2n) is 2.95. The van der Waals surface area contributed by atoms with Crippen LogP contribution in [0.3, 0.4) is 0 Å². The van der Waals surface area contributed by atoms with Gasteiger partial charge in [-0.25, -0.2) is 4.98 Å². The Labute approximate surface area is 86.8 Å². The molecule has 1 heterocycles. The van der Waals surface area contributed by atoms with Gasteiger partial charge in [-0.3, -0.25) is 4.79 Å². The monoisotopic (exact) mass is 209 g/mol. The maximum Gasteiger partial charge on any atom is 0.236 e. The Hall–Kier alpha value is -1.41. The van der Waals surface area contributed by atoms with Crippen LogP contribution in [0.15, 0.2) is 5.51 Å². The largest absolute Gasteiger partial charge is 0.340 e. The van der Waals surface area contributed by atoms with E-state index in [1.807, 2.05) is 13.0 Å². The maximum atomic E-state index is 11.3. The smallest absolute Gasteiger partial charge is 0.236 e. The topological polar surface area (TPSA) is 57.0 Å². The number of hydrogen-bond donors (Lipinski definition) is 0. The third-order valence-corrected chi connectivity index (χ3v) is 2.80. The first-order valence-electron chi connectivity index (χ1n) is 4.15. The van der Waals surface area contributed by atoms with E-state index in [1.165, 1.54) is 11.3 Å².